The second kappa shape index (κ2) is 3.22. The first-order valence-corrected chi connectivity index (χ1v) is 6.53. The van der Waals surface area contributed by atoms with Gasteiger partial charge in [0, 0.05) is 0 Å². The molecule has 3 fully saturated rings. The molecule has 0 heterocycles. The predicted octanol–water partition coefficient (Wildman–Crippen LogP) is 1.81. The fourth-order valence-electron chi connectivity index (χ4n) is 5.34. The molecule has 2 unspecified atom stereocenters. The van der Waals surface area contributed by atoms with Crippen molar-refractivity contribution in [2.75, 3.05) is 6.54 Å². The fraction of sp³-hybridized carbons (Fsp3) is 0.923. The minimum atomic E-state index is -1.10. The average molecular weight is 241 g/mol. The highest BCUT2D eigenvalue weighted by Crippen LogP contribution is 2.74. The molecule has 0 amide bonds. The zero-order valence-corrected chi connectivity index (χ0v) is 10.2. The monoisotopic (exact) mass is 241 g/mol. The van der Waals surface area contributed by atoms with Gasteiger partial charge in [0.2, 0.25) is 0 Å². The Morgan fingerprint density at radius 1 is 1.41 bits per heavy atom. The molecule has 3 aliphatic carbocycles. The SMILES string of the molecule is CC1(F)C[C@@H]2[C@@H]3C1CC[C@@H]3[C@@]2(CN)CC(=O)O. The van der Waals surface area contributed by atoms with Gasteiger partial charge in [-0.15, -0.1) is 0 Å². The maximum atomic E-state index is 14.5. The highest BCUT2D eigenvalue weighted by Gasteiger charge is 2.72. The summed E-state index contributed by atoms with van der Waals surface area (Å²) in [5, 5.41) is 9.07. The second-order valence-corrected chi connectivity index (χ2v) is 6.46. The predicted molar refractivity (Wildman–Crippen MR) is 61.1 cm³/mol. The van der Waals surface area contributed by atoms with Crippen LogP contribution in [0.1, 0.15) is 32.6 Å². The van der Waals surface area contributed by atoms with E-state index in [0.29, 0.717) is 24.8 Å². The van der Waals surface area contributed by atoms with E-state index < -0.39 is 11.6 Å². The Labute approximate surface area is 101 Å². The van der Waals surface area contributed by atoms with Crippen LogP contribution >= 0.6 is 0 Å². The van der Waals surface area contributed by atoms with Crippen molar-refractivity contribution < 1.29 is 14.3 Å². The summed E-state index contributed by atoms with van der Waals surface area (Å²) in [6.45, 7) is 2.09. The molecule has 3 N–H and O–H groups in total. The third-order valence-corrected chi connectivity index (χ3v) is 5.91. The van der Waals surface area contributed by atoms with E-state index in [2.05, 4.69) is 0 Å². The van der Waals surface area contributed by atoms with Gasteiger partial charge in [0.05, 0.1) is 6.42 Å². The van der Waals surface area contributed by atoms with Crippen LogP contribution in [0.2, 0.25) is 0 Å². The van der Waals surface area contributed by atoms with E-state index in [1.165, 1.54) is 0 Å². The van der Waals surface area contributed by atoms with Gasteiger partial charge in [-0.05, 0) is 61.8 Å². The lowest BCUT2D eigenvalue weighted by atomic mass is 9.47. The van der Waals surface area contributed by atoms with Crippen LogP contribution in [-0.4, -0.2) is 23.3 Å². The number of hydrogen-bond acceptors (Lipinski definition) is 2. The maximum absolute atomic E-state index is 14.5. The minimum absolute atomic E-state index is 0.123. The molecule has 4 heteroatoms. The summed E-state index contributed by atoms with van der Waals surface area (Å²) >= 11 is 0. The van der Waals surface area contributed by atoms with Crippen molar-refractivity contribution in [2.24, 2.45) is 34.8 Å². The summed E-state index contributed by atoms with van der Waals surface area (Å²) in [5.74, 6) is 0.343. The Morgan fingerprint density at radius 2 is 2.06 bits per heavy atom. The summed E-state index contributed by atoms with van der Waals surface area (Å²) in [5.41, 5.74) is 4.45. The lowest BCUT2D eigenvalue weighted by Crippen LogP contribution is -2.58. The van der Waals surface area contributed by atoms with E-state index in [1.807, 2.05) is 0 Å². The molecule has 3 saturated carbocycles. The van der Waals surface area contributed by atoms with Gasteiger partial charge in [-0.25, -0.2) is 4.39 Å². The van der Waals surface area contributed by atoms with Crippen LogP contribution in [0.4, 0.5) is 4.39 Å². The Bertz CT molecular complexity index is 370. The zero-order chi connectivity index (χ0) is 12.4. The molecule has 17 heavy (non-hydrogen) atoms. The molecule has 0 spiro atoms. The number of alkyl halides is 1. The largest absolute Gasteiger partial charge is 0.481 e. The number of carboxylic acids is 1. The maximum Gasteiger partial charge on any atom is 0.303 e. The molecule has 3 nitrogen and oxygen atoms in total. The van der Waals surface area contributed by atoms with E-state index in [0.717, 1.165) is 12.8 Å². The van der Waals surface area contributed by atoms with Crippen molar-refractivity contribution in [3.63, 3.8) is 0 Å². The van der Waals surface area contributed by atoms with E-state index in [-0.39, 0.29) is 23.7 Å². The summed E-state index contributed by atoms with van der Waals surface area (Å²) in [6.07, 6.45) is 2.53. The van der Waals surface area contributed by atoms with Crippen molar-refractivity contribution >= 4 is 5.97 Å². The Kier molecular flexibility index (Phi) is 2.17. The van der Waals surface area contributed by atoms with Gasteiger partial charge >= 0.3 is 5.97 Å². The van der Waals surface area contributed by atoms with Gasteiger partial charge in [-0.3, -0.25) is 4.79 Å². The molecule has 0 aromatic heterocycles. The van der Waals surface area contributed by atoms with Crippen LogP contribution in [0.3, 0.4) is 0 Å². The standard InChI is InChI=1S/C13H20FNO2/c1-12(14)4-9-11-7(12)2-3-8(11)13(9,6-15)5-10(16)17/h7-9,11H,2-6,15H2,1H3,(H,16,17)/t7?,8-,9+,11+,12?,13-/m0/s1. The van der Waals surface area contributed by atoms with Crippen molar-refractivity contribution in [1.82, 2.24) is 0 Å². The molecule has 0 aromatic rings. The Balaban J connectivity index is 1.93. The third-order valence-electron chi connectivity index (χ3n) is 5.91. The molecule has 0 aromatic carbocycles. The summed E-state index contributed by atoms with van der Waals surface area (Å²) < 4.78 is 14.5. The summed E-state index contributed by atoms with van der Waals surface area (Å²) in [6, 6.07) is 0. The minimum Gasteiger partial charge on any atom is -0.481 e. The number of rotatable bonds is 3. The first kappa shape index (κ1) is 11.5. The molecule has 3 rings (SSSR count). The topological polar surface area (TPSA) is 63.3 Å². The van der Waals surface area contributed by atoms with E-state index in [9.17, 15) is 9.18 Å². The molecule has 0 radical (unpaired) electrons. The molecule has 0 aliphatic heterocycles. The van der Waals surface area contributed by atoms with E-state index in [4.69, 9.17) is 10.8 Å². The van der Waals surface area contributed by atoms with Crippen LogP contribution in [0.15, 0.2) is 0 Å². The van der Waals surface area contributed by atoms with Gasteiger partial charge < -0.3 is 10.8 Å². The van der Waals surface area contributed by atoms with E-state index >= 15 is 0 Å². The Morgan fingerprint density at radius 3 is 2.65 bits per heavy atom. The molecular formula is C13H20FNO2. The molecule has 6 atom stereocenters. The normalized spacial score (nSPS) is 55.5. The fourth-order valence-corrected chi connectivity index (χ4v) is 5.34. The molecule has 0 saturated heterocycles. The first-order chi connectivity index (χ1) is 7.92. The lowest BCUT2D eigenvalue weighted by Gasteiger charge is -2.57. The van der Waals surface area contributed by atoms with E-state index in [1.54, 1.807) is 6.92 Å². The molecule has 3 aliphatic rings. The first-order valence-electron chi connectivity index (χ1n) is 6.53. The molecular weight excluding hydrogens is 221 g/mol. The average Bonchev–Trinajstić information content (AvgIpc) is 2.72. The smallest absolute Gasteiger partial charge is 0.303 e. The number of carbonyl (C=O) groups is 1. The van der Waals surface area contributed by atoms with Gasteiger partial charge in [0.1, 0.15) is 5.67 Å². The third kappa shape index (κ3) is 1.22. The van der Waals surface area contributed by atoms with Crippen LogP contribution < -0.4 is 5.73 Å². The highest BCUT2D eigenvalue weighted by atomic mass is 19.1. The summed E-state index contributed by atoms with van der Waals surface area (Å²) in [7, 11) is 0. The molecule has 96 valence electrons. The van der Waals surface area contributed by atoms with Crippen LogP contribution in [0, 0.1) is 29.1 Å². The number of hydrogen-bond donors (Lipinski definition) is 2. The lowest BCUT2D eigenvalue weighted by molar-refractivity contribution is -0.153. The van der Waals surface area contributed by atoms with Gasteiger partial charge in [-0.2, -0.15) is 0 Å². The number of aliphatic carboxylic acids is 1. The van der Waals surface area contributed by atoms with Crippen molar-refractivity contribution in [2.45, 2.75) is 38.3 Å². The van der Waals surface area contributed by atoms with Gasteiger partial charge in [0.25, 0.3) is 0 Å². The van der Waals surface area contributed by atoms with Crippen LogP contribution in [-0.2, 0) is 4.79 Å². The number of halogens is 1. The van der Waals surface area contributed by atoms with Crippen LogP contribution in [0.25, 0.3) is 0 Å². The molecule has 0 bridgehead atoms. The van der Waals surface area contributed by atoms with Gasteiger partial charge in [-0.1, -0.05) is 0 Å². The van der Waals surface area contributed by atoms with Gasteiger partial charge in [0.15, 0.2) is 0 Å². The quantitative estimate of drug-likeness (QED) is 0.792. The number of nitrogens with two attached hydrogens (primary N) is 1. The van der Waals surface area contributed by atoms with Crippen molar-refractivity contribution in [3.05, 3.63) is 0 Å². The van der Waals surface area contributed by atoms with Crippen molar-refractivity contribution in [1.29, 1.82) is 0 Å². The second-order valence-electron chi connectivity index (χ2n) is 6.46. The summed E-state index contributed by atoms with van der Waals surface area (Å²) in [4.78, 5) is 11.0. The zero-order valence-electron chi connectivity index (χ0n) is 10.2. The number of carboxylic acid groups (broad SMARTS) is 1. The Hall–Kier alpha value is -0.640. The van der Waals surface area contributed by atoms with Crippen LogP contribution in [0.5, 0.6) is 0 Å². The highest BCUT2D eigenvalue weighted by molar-refractivity contribution is 5.68. The van der Waals surface area contributed by atoms with Crippen molar-refractivity contribution in [3.8, 4) is 0 Å².